The molecule has 4 nitrogen and oxygen atoms in total. The second-order valence-electron chi connectivity index (χ2n) is 2.78. The van der Waals surface area contributed by atoms with E-state index in [4.69, 9.17) is 10.2 Å². The van der Waals surface area contributed by atoms with Crippen molar-refractivity contribution >= 4 is 11.9 Å². The summed E-state index contributed by atoms with van der Waals surface area (Å²) in [5, 5.41) is 16.9. The first-order chi connectivity index (χ1) is 5.95. The molecule has 2 N–H and O–H groups in total. The molecule has 0 heterocycles. The Balaban J connectivity index is 4.56. The molecule has 0 unspecified atom stereocenters. The van der Waals surface area contributed by atoms with E-state index in [1.807, 2.05) is 0 Å². The second-order valence-corrected chi connectivity index (χ2v) is 2.78. The molecular formula is C9H12O4. The zero-order chi connectivity index (χ0) is 10.4. The molecule has 0 aromatic heterocycles. The van der Waals surface area contributed by atoms with Crippen molar-refractivity contribution in [3.8, 4) is 0 Å². The van der Waals surface area contributed by atoms with Gasteiger partial charge < -0.3 is 10.2 Å². The van der Waals surface area contributed by atoms with Crippen molar-refractivity contribution in [3.63, 3.8) is 0 Å². The number of hydrogen-bond acceptors (Lipinski definition) is 2. The molecule has 0 aliphatic carbocycles. The quantitative estimate of drug-likeness (QED) is 0.510. The average molecular weight is 184 g/mol. The van der Waals surface area contributed by atoms with Gasteiger partial charge in [0.25, 0.3) is 0 Å². The van der Waals surface area contributed by atoms with Crippen LogP contribution in [0.3, 0.4) is 0 Å². The van der Waals surface area contributed by atoms with E-state index < -0.39 is 11.9 Å². The summed E-state index contributed by atoms with van der Waals surface area (Å²) in [7, 11) is 0. The summed E-state index contributed by atoms with van der Waals surface area (Å²) in [4.78, 5) is 20.6. The van der Waals surface area contributed by atoms with Gasteiger partial charge in [0.1, 0.15) is 0 Å². The molecule has 0 aromatic rings. The highest BCUT2D eigenvalue weighted by atomic mass is 16.4. The predicted molar refractivity (Wildman–Crippen MR) is 47.3 cm³/mol. The number of hydrogen-bond donors (Lipinski definition) is 2. The van der Waals surface area contributed by atoms with E-state index in [0.717, 1.165) is 6.08 Å². The molecule has 0 saturated carbocycles. The lowest BCUT2D eigenvalue weighted by Gasteiger charge is -2.03. The van der Waals surface area contributed by atoms with Gasteiger partial charge in [-0.15, -0.1) is 0 Å². The maximum atomic E-state index is 10.6. The molecule has 0 atom stereocenters. The first kappa shape index (κ1) is 11.4. The first-order valence-electron chi connectivity index (χ1n) is 3.79. The van der Waals surface area contributed by atoms with Crippen molar-refractivity contribution in [1.29, 1.82) is 0 Å². The van der Waals surface area contributed by atoms with Gasteiger partial charge in [0.15, 0.2) is 0 Å². The van der Waals surface area contributed by atoms with Crippen LogP contribution in [0.5, 0.6) is 0 Å². The smallest absolute Gasteiger partial charge is 0.331 e. The fourth-order valence-corrected chi connectivity index (χ4v) is 0.745. The van der Waals surface area contributed by atoms with Crippen LogP contribution >= 0.6 is 0 Å². The summed E-state index contributed by atoms with van der Waals surface area (Å²) in [6, 6.07) is 0. The van der Waals surface area contributed by atoms with Crippen LogP contribution in [0.4, 0.5) is 0 Å². The predicted octanol–water partition coefficient (Wildman–Crippen LogP) is 1.29. The normalized spacial score (nSPS) is 12.4. The van der Waals surface area contributed by atoms with E-state index in [0.29, 0.717) is 0 Å². The van der Waals surface area contributed by atoms with Crippen LogP contribution in [-0.2, 0) is 9.59 Å². The summed E-state index contributed by atoms with van der Waals surface area (Å²) in [5.74, 6) is -2.24. The minimum absolute atomic E-state index is 0.129. The lowest BCUT2D eigenvalue weighted by Crippen LogP contribution is -2.06. The Bertz CT molecular complexity index is 261. The molecule has 0 aliphatic heterocycles. The fraction of sp³-hybridized carbons (Fsp3) is 0.333. The fourth-order valence-electron chi connectivity index (χ4n) is 0.745. The highest BCUT2D eigenvalue weighted by Gasteiger charge is 2.09. The van der Waals surface area contributed by atoms with Crippen LogP contribution < -0.4 is 0 Å². The maximum absolute atomic E-state index is 10.6. The average Bonchev–Trinajstić information content (AvgIpc) is 1.95. The van der Waals surface area contributed by atoms with Gasteiger partial charge in [-0.2, -0.15) is 0 Å². The number of carboxylic acid groups (broad SMARTS) is 2. The Hall–Kier alpha value is -1.58. The lowest BCUT2D eigenvalue weighted by molar-refractivity contribution is -0.133. The molecule has 0 fully saturated rings. The van der Waals surface area contributed by atoms with E-state index in [1.54, 1.807) is 13.8 Å². The summed E-state index contributed by atoms with van der Waals surface area (Å²) >= 11 is 0. The SMILES string of the molecule is CC(C)/C(=C\C=C\C(=O)O)C(=O)O. The van der Waals surface area contributed by atoms with Crippen molar-refractivity contribution in [2.24, 2.45) is 5.92 Å². The number of rotatable bonds is 4. The van der Waals surface area contributed by atoms with Crippen molar-refractivity contribution in [3.05, 3.63) is 23.8 Å². The molecule has 0 saturated heterocycles. The Kier molecular flexibility index (Phi) is 4.51. The van der Waals surface area contributed by atoms with Gasteiger partial charge in [-0.05, 0) is 5.92 Å². The van der Waals surface area contributed by atoms with E-state index >= 15 is 0 Å². The number of allylic oxidation sites excluding steroid dienone is 2. The van der Waals surface area contributed by atoms with E-state index in [2.05, 4.69) is 0 Å². The van der Waals surface area contributed by atoms with Gasteiger partial charge >= 0.3 is 11.9 Å². The summed E-state index contributed by atoms with van der Waals surface area (Å²) in [6.07, 6.45) is 3.40. The molecular weight excluding hydrogens is 172 g/mol. The third-order valence-electron chi connectivity index (χ3n) is 1.38. The highest BCUT2D eigenvalue weighted by Crippen LogP contribution is 2.09. The van der Waals surface area contributed by atoms with Crippen LogP contribution in [0.15, 0.2) is 23.8 Å². The molecule has 13 heavy (non-hydrogen) atoms. The van der Waals surface area contributed by atoms with Crippen LogP contribution in [0, 0.1) is 5.92 Å². The highest BCUT2D eigenvalue weighted by molar-refractivity contribution is 5.88. The van der Waals surface area contributed by atoms with Crippen LogP contribution in [0.2, 0.25) is 0 Å². The van der Waals surface area contributed by atoms with Crippen molar-refractivity contribution in [1.82, 2.24) is 0 Å². The van der Waals surface area contributed by atoms with Gasteiger partial charge in [-0.1, -0.05) is 26.0 Å². The van der Waals surface area contributed by atoms with Crippen LogP contribution in [0.25, 0.3) is 0 Å². The van der Waals surface area contributed by atoms with Crippen molar-refractivity contribution in [2.75, 3.05) is 0 Å². The Morgan fingerprint density at radius 1 is 1.23 bits per heavy atom. The molecule has 0 bridgehead atoms. The van der Waals surface area contributed by atoms with Gasteiger partial charge in [-0.3, -0.25) is 0 Å². The summed E-state index contributed by atoms with van der Waals surface area (Å²) in [6.45, 7) is 3.46. The standard InChI is InChI=1S/C9H12O4/c1-6(2)7(9(12)13)4-3-5-8(10)11/h3-6H,1-2H3,(H,10,11)(H,12,13)/b5-3+,7-4+. The lowest BCUT2D eigenvalue weighted by atomic mass is 10.0. The maximum Gasteiger partial charge on any atom is 0.331 e. The third kappa shape index (κ3) is 4.79. The third-order valence-corrected chi connectivity index (χ3v) is 1.38. The molecule has 0 aliphatic rings. The first-order valence-corrected chi connectivity index (χ1v) is 3.79. The molecule has 0 spiro atoms. The monoisotopic (exact) mass is 184 g/mol. The minimum atomic E-state index is -1.09. The van der Waals surface area contributed by atoms with Gasteiger partial charge in [0.05, 0.1) is 0 Å². The van der Waals surface area contributed by atoms with E-state index in [9.17, 15) is 9.59 Å². The van der Waals surface area contributed by atoms with Crippen LogP contribution in [-0.4, -0.2) is 22.2 Å². The largest absolute Gasteiger partial charge is 0.478 e. The van der Waals surface area contributed by atoms with Crippen LogP contribution in [0.1, 0.15) is 13.8 Å². The zero-order valence-electron chi connectivity index (χ0n) is 7.52. The topological polar surface area (TPSA) is 74.6 Å². The van der Waals surface area contributed by atoms with E-state index in [1.165, 1.54) is 12.2 Å². The molecule has 72 valence electrons. The molecule has 0 amide bonds. The number of carboxylic acids is 2. The molecule has 0 radical (unpaired) electrons. The Morgan fingerprint density at radius 2 is 1.77 bits per heavy atom. The number of carbonyl (C=O) groups is 2. The Morgan fingerprint density at radius 3 is 2.08 bits per heavy atom. The molecule has 4 heteroatoms. The van der Waals surface area contributed by atoms with Gasteiger partial charge in [-0.25, -0.2) is 9.59 Å². The minimum Gasteiger partial charge on any atom is -0.478 e. The molecule has 0 aromatic carbocycles. The summed E-state index contributed by atoms with van der Waals surface area (Å²) < 4.78 is 0. The molecule has 0 rings (SSSR count). The van der Waals surface area contributed by atoms with E-state index in [-0.39, 0.29) is 11.5 Å². The zero-order valence-corrected chi connectivity index (χ0v) is 7.52. The van der Waals surface area contributed by atoms with Gasteiger partial charge in [0.2, 0.25) is 0 Å². The second kappa shape index (κ2) is 5.13. The summed E-state index contributed by atoms with van der Waals surface area (Å²) in [5.41, 5.74) is 0.192. The number of aliphatic carboxylic acids is 2. The van der Waals surface area contributed by atoms with Crippen molar-refractivity contribution < 1.29 is 19.8 Å². The van der Waals surface area contributed by atoms with Gasteiger partial charge in [0, 0.05) is 11.6 Å². The Labute approximate surface area is 76.2 Å². The van der Waals surface area contributed by atoms with Crippen molar-refractivity contribution in [2.45, 2.75) is 13.8 Å².